The molecule has 0 aromatic heterocycles. The number of carbonyl (C=O) groups excluding carboxylic acids is 4. The van der Waals surface area contributed by atoms with E-state index in [0.29, 0.717) is 16.9 Å². The molecule has 3 N–H and O–H groups in total. The van der Waals surface area contributed by atoms with Gasteiger partial charge in [-0.25, -0.2) is 9.59 Å². The Morgan fingerprint density at radius 1 is 1.14 bits per heavy atom. The number of ether oxygens (including phenoxy) is 1. The molecule has 8 heteroatoms. The fourth-order valence-corrected chi connectivity index (χ4v) is 2.69. The molecular formula is C20H19N3O5. The number of rotatable bonds is 6. The fraction of sp³-hybridized carbons (Fsp3) is 0.200. The molecule has 3 amide bonds. The van der Waals surface area contributed by atoms with Crippen LogP contribution in [0.4, 0.5) is 16.2 Å². The summed E-state index contributed by atoms with van der Waals surface area (Å²) in [6, 6.07) is 12.1. The summed E-state index contributed by atoms with van der Waals surface area (Å²) in [5.41, 5.74) is 2.35. The van der Waals surface area contributed by atoms with Gasteiger partial charge in [0.2, 0.25) is 5.91 Å². The standard InChI is InChI=1S/C20H19N3O5/c1-12(21-20(27)22-15-5-3-2-4-6-15)19(26)28-11-17(24)13-7-8-16-14(9-13)10-18(25)23-16/h2-9,12H,10-11H2,1H3,(H,23,25)(H2,21,22,27)/t12-/m0/s1. The lowest BCUT2D eigenvalue weighted by atomic mass is 10.1. The van der Waals surface area contributed by atoms with Gasteiger partial charge in [-0.05, 0) is 42.8 Å². The number of benzene rings is 2. The summed E-state index contributed by atoms with van der Waals surface area (Å²) in [5, 5.41) is 7.72. The highest BCUT2D eigenvalue weighted by atomic mass is 16.5. The maximum atomic E-state index is 12.2. The smallest absolute Gasteiger partial charge is 0.328 e. The van der Waals surface area contributed by atoms with E-state index >= 15 is 0 Å². The van der Waals surface area contributed by atoms with Crippen molar-refractivity contribution in [1.82, 2.24) is 5.32 Å². The number of esters is 1. The van der Waals surface area contributed by atoms with Crippen LogP contribution in [-0.4, -0.2) is 36.3 Å². The SMILES string of the molecule is C[C@H](NC(=O)Nc1ccccc1)C(=O)OCC(=O)c1ccc2c(c1)CC(=O)N2. The molecule has 0 aliphatic carbocycles. The Balaban J connectivity index is 1.48. The van der Waals surface area contributed by atoms with E-state index in [9.17, 15) is 19.2 Å². The van der Waals surface area contributed by atoms with Gasteiger partial charge >= 0.3 is 12.0 Å². The maximum absolute atomic E-state index is 12.2. The Kier molecular flexibility index (Phi) is 5.69. The largest absolute Gasteiger partial charge is 0.456 e. The minimum atomic E-state index is -0.932. The van der Waals surface area contributed by atoms with Crippen LogP contribution in [0, 0.1) is 0 Å². The zero-order chi connectivity index (χ0) is 20.1. The lowest BCUT2D eigenvalue weighted by Crippen LogP contribution is -2.42. The predicted molar refractivity (Wildman–Crippen MR) is 102 cm³/mol. The summed E-state index contributed by atoms with van der Waals surface area (Å²) < 4.78 is 5.00. The van der Waals surface area contributed by atoms with Crippen molar-refractivity contribution in [3.8, 4) is 0 Å². The minimum absolute atomic E-state index is 0.125. The van der Waals surface area contributed by atoms with Crippen LogP contribution in [0.15, 0.2) is 48.5 Å². The molecule has 0 saturated carbocycles. The van der Waals surface area contributed by atoms with Crippen LogP contribution >= 0.6 is 0 Å². The zero-order valence-electron chi connectivity index (χ0n) is 15.2. The Morgan fingerprint density at radius 2 is 1.89 bits per heavy atom. The van der Waals surface area contributed by atoms with Gasteiger partial charge in [-0.1, -0.05) is 18.2 Å². The van der Waals surface area contributed by atoms with Gasteiger partial charge in [0, 0.05) is 16.9 Å². The number of Topliss-reactive ketones (excluding diaryl/α,β-unsaturated/α-hetero) is 1. The summed E-state index contributed by atoms with van der Waals surface area (Å²) in [5.74, 6) is -1.24. The third-order valence-corrected chi connectivity index (χ3v) is 4.13. The van der Waals surface area contributed by atoms with Crippen LogP contribution in [0.5, 0.6) is 0 Å². The Bertz CT molecular complexity index is 927. The monoisotopic (exact) mass is 381 g/mol. The minimum Gasteiger partial charge on any atom is -0.456 e. The summed E-state index contributed by atoms with van der Waals surface area (Å²) >= 11 is 0. The topological polar surface area (TPSA) is 114 Å². The van der Waals surface area contributed by atoms with Gasteiger partial charge in [0.05, 0.1) is 6.42 Å². The Hall–Kier alpha value is -3.68. The second kappa shape index (κ2) is 8.34. The number of carbonyl (C=O) groups is 4. The van der Waals surface area contributed by atoms with Crippen LogP contribution in [0.1, 0.15) is 22.8 Å². The quantitative estimate of drug-likeness (QED) is 0.524. The molecule has 8 nitrogen and oxygen atoms in total. The number of para-hydroxylation sites is 1. The molecule has 1 heterocycles. The van der Waals surface area contributed by atoms with Gasteiger partial charge in [-0.15, -0.1) is 0 Å². The Morgan fingerprint density at radius 3 is 2.64 bits per heavy atom. The molecule has 2 aromatic carbocycles. The highest BCUT2D eigenvalue weighted by molar-refractivity contribution is 6.03. The molecule has 144 valence electrons. The van der Waals surface area contributed by atoms with Gasteiger partial charge in [0.25, 0.3) is 0 Å². The Labute approximate surface area is 161 Å². The number of hydrogen-bond donors (Lipinski definition) is 3. The van der Waals surface area contributed by atoms with E-state index < -0.39 is 30.4 Å². The van der Waals surface area contributed by atoms with Crippen molar-refractivity contribution in [1.29, 1.82) is 0 Å². The van der Waals surface area contributed by atoms with Crippen LogP contribution in [0.3, 0.4) is 0 Å². The lowest BCUT2D eigenvalue weighted by Gasteiger charge is -2.14. The molecule has 0 spiro atoms. The third-order valence-electron chi connectivity index (χ3n) is 4.13. The molecule has 2 aromatic rings. The van der Waals surface area contributed by atoms with Crippen LogP contribution < -0.4 is 16.0 Å². The van der Waals surface area contributed by atoms with Gasteiger partial charge in [-0.3, -0.25) is 9.59 Å². The number of urea groups is 1. The molecule has 28 heavy (non-hydrogen) atoms. The van der Waals surface area contributed by atoms with Crippen molar-refractivity contribution in [2.24, 2.45) is 0 Å². The molecule has 0 unspecified atom stereocenters. The first kappa shape index (κ1) is 19.1. The summed E-state index contributed by atoms with van der Waals surface area (Å²) in [7, 11) is 0. The number of amides is 3. The van der Waals surface area contributed by atoms with E-state index in [2.05, 4.69) is 16.0 Å². The van der Waals surface area contributed by atoms with E-state index in [4.69, 9.17) is 4.74 Å². The summed E-state index contributed by atoms with van der Waals surface area (Å²) in [6.07, 6.45) is 0.216. The van der Waals surface area contributed by atoms with Crippen LogP contribution in [0.25, 0.3) is 0 Å². The van der Waals surface area contributed by atoms with Crippen molar-refractivity contribution < 1.29 is 23.9 Å². The van der Waals surface area contributed by atoms with Gasteiger partial charge in [-0.2, -0.15) is 0 Å². The number of nitrogens with one attached hydrogen (secondary N) is 3. The molecule has 0 fully saturated rings. The van der Waals surface area contributed by atoms with Crippen molar-refractivity contribution in [3.05, 3.63) is 59.7 Å². The first-order valence-electron chi connectivity index (χ1n) is 8.67. The van der Waals surface area contributed by atoms with E-state index in [-0.39, 0.29) is 12.3 Å². The summed E-state index contributed by atoms with van der Waals surface area (Å²) in [6.45, 7) is 1.01. The second-order valence-electron chi connectivity index (χ2n) is 6.31. The third kappa shape index (κ3) is 4.73. The van der Waals surface area contributed by atoms with Crippen molar-refractivity contribution in [2.45, 2.75) is 19.4 Å². The normalized spacial score (nSPS) is 13.1. The molecule has 1 aliphatic heterocycles. The molecule has 0 radical (unpaired) electrons. The van der Waals surface area contributed by atoms with E-state index in [1.807, 2.05) is 6.07 Å². The second-order valence-corrected chi connectivity index (χ2v) is 6.31. The summed E-state index contributed by atoms with van der Waals surface area (Å²) in [4.78, 5) is 47.5. The maximum Gasteiger partial charge on any atom is 0.328 e. The highest BCUT2D eigenvalue weighted by Crippen LogP contribution is 2.24. The zero-order valence-corrected chi connectivity index (χ0v) is 15.2. The van der Waals surface area contributed by atoms with Crippen molar-refractivity contribution >= 4 is 35.1 Å². The average Bonchev–Trinajstić information content (AvgIpc) is 3.05. The van der Waals surface area contributed by atoms with E-state index in [1.165, 1.54) is 6.92 Å². The number of anilines is 2. The van der Waals surface area contributed by atoms with Crippen LogP contribution in [-0.2, 0) is 20.7 Å². The molecule has 1 aliphatic rings. The van der Waals surface area contributed by atoms with Crippen molar-refractivity contribution in [3.63, 3.8) is 0 Å². The first-order chi connectivity index (χ1) is 13.4. The van der Waals surface area contributed by atoms with E-state index in [0.717, 1.165) is 5.56 Å². The fourth-order valence-electron chi connectivity index (χ4n) is 2.69. The molecule has 1 atom stereocenters. The van der Waals surface area contributed by atoms with Gasteiger partial charge in [0.15, 0.2) is 12.4 Å². The predicted octanol–water partition coefficient (Wildman–Crippen LogP) is 2.12. The number of fused-ring (bicyclic) bond motifs is 1. The van der Waals surface area contributed by atoms with Gasteiger partial charge in [0.1, 0.15) is 6.04 Å². The van der Waals surface area contributed by atoms with Crippen LogP contribution in [0.2, 0.25) is 0 Å². The first-order valence-corrected chi connectivity index (χ1v) is 8.67. The number of ketones is 1. The highest BCUT2D eigenvalue weighted by Gasteiger charge is 2.21. The molecule has 3 rings (SSSR count). The molecule has 0 bridgehead atoms. The molecular weight excluding hydrogens is 362 g/mol. The van der Waals surface area contributed by atoms with Gasteiger partial charge < -0.3 is 20.7 Å². The lowest BCUT2D eigenvalue weighted by molar-refractivity contribution is -0.144. The number of hydrogen-bond acceptors (Lipinski definition) is 5. The van der Waals surface area contributed by atoms with Crippen molar-refractivity contribution in [2.75, 3.05) is 17.2 Å². The molecule has 0 saturated heterocycles. The van der Waals surface area contributed by atoms with E-state index in [1.54, 1.807) is 42.5 Å². The average molecular weight is 381 g/mol.